The molecule has 0 fully saturated rings. The van der Waals surface area contributed by atoms with Gasteiger partial charge in [0.25, 0.3) is 0 Å². The second kappa shape index (κ2) is 10.1. The summed E-state index contributed by atoms with van der Waals surface area (Å²) in [5, 5.41) is 10.0. The molecule has 0 aliphatic rings. The summed E-state index contributed by atoms with van der Waals surface area (Å²) in [5.41, 5.74) is 2.61. The van der Waals surface area contributed by atoms with Crippen LogP contribution in [0.3, 0.4) is 0 Å². The Bertz CT molecular complexity index is 850. The average Bonchev–Trinajstić information content (AvgIpc) is 2.73. The first-order chi connectivity index (χ1) is 13.8. The summed E-state index contributed by atoms with van der Waals surface area (Å²) in [7, 11) is 4.43. The highest BCUT2D eigenvalue weighted by molar-refractivity contribution is 5.92. The Morgan fingerprint density at radius 1 is 1.00 bits per heavy atom. The molecule has 0 aliphatic heterocycles. The topological polar surface area (TPSA) is 77.4 Å². The van der Waals surface area contributed by atoms with Crippen LogP contribution in [0.25, 0.3) is 0 Å². The lowest BCUT2D eigenvalue weighted by atomic mass is 9.95. The summed E-state index contributed by atoms with van der Waals surface area (Å²) in [4.78, 5) is 17.3. The molecular formula is C23H29NO5. The average molecular weight is 399 g/mol. The van der Waals surface area contributed by atoms with E-state index < -0.39 is 12.1 Å². The van der Waals surface area contributed by atoms with Gasteiger partial charge in [-0.2, -0.15) is 0 Å². The molecule has 2 aromatic carbocycles. The normalized spacial score (nSPS) is 13.5. The second-order valence-corrected chi connectivity index (χ2v) is 7.07. The van der Waals surface area contributed by atoms with Crippen LogP contribution in [0.2, 0.25) is 0 Å². The highest BCUT2D eigenvalue weighted by Crippen LogP contribution is 2.36. The number of carbonyl (C=O) groups is 1. The Labute approximate surface area is 172 Å². The zero-order valence-electron chi connectivity index (χ0n) is 17.8. The van der Waals surface area contributed by atoms with Gasteiger partial charge in [0.2, 0.25) is 5.75 Å². The first kappa shape index (κ1) is 22.4. The van der Waals surface area contributed by atoms with Gasteiger partial charge in [-0.1, -0.05) is 38.1 Å². The van der Waals surface area contributed by atoms with Gasteiger partial charge in [0.15, 0.2) is 17.3 Å². The Kier molecular flexibility index (Phi) is 7.79. The van der Waals surface area contributed by atoms with E-state index >= 15 is 0 Å². The number of carbonyl (C=O) groups excluding carboxylic acids is 1. The largest absolute Gasteiger partial charge is 0.502 e. The smallest absolute Gasteiger partial charge is 0.200 e. The van der Waals surface area contributed by atoms with Crippen LogP contribution in [0.4, 0.5) is 0 Å². The van der Waals surface area contributed by atoms with Crippen LogP contribution in [0, 0.1) is 0 Å². The van der Waals surface area contributed by atoms with Gasteiger partial charge in [-0.25, -0.2) is 0 Å². The van der Waals surface area contributed by atoms with Gasteiger partial charge in [0.1, 0.15) is 12.1 Å². The highest BCUT2D eigenvalue weighted by atomic mass is 16.5. The molecule has 0 aliphatic carbocycles. The summed E-state index contributed by atoms with van der Waals surface area (Å²) < 4.78 is 15.8. The van der Waals surface area contributed by atoms with Gasteiger partial charge >= 0.3 is 0 Å². The van der Waals surface area contributed by atoms with Crippen LogP contribution in [0.15, 0.2) is 41.4 Å². The highest BCUT2D eigenvalue weighted by Gasteiger charge is 2.25. The van der Waals surface area contributed by atoms with Gasteiger partial charge in [-0.05, 0) is 41.7 Å². The van der Waals surface area contributed by atoms with Crippen molar-refractivity contribution in [2.75, 3.05) is 21.3 Å². The number of nitrogens with zero attached hydrogens (tertiary/aromatic N) is 1. The van der Waals surface area contributed by atoms with Crippen molar-refractivity contribution in [2.45, 2.75) is 38.8 Å². The van der Waals surface area contributed by atoms with Crippen molar-refractivity contribution in [3.63, 3.8) is 0 Å². The fourth-order valence-electron chi connectivity index (χ4n) is 2.98. The van der Waals surface area contributed by atoms with E-state index in [0.717, 1.165) is 11.1 Å². The molecule has 0 bridgehead atoms. The number of benzene rings is 2. The third-order valence-electron chi connectivity index (χ3n) is 4.74. The zero-order valence-corrected chi connectivity index (χ0v) is 17.8. The van der Waals surface area contributed by atoms with Crippen LogP contribution in [0.1, 0.15) is 49.5 Å². The van der Waals surface area contributed by atoms with Gasteiger partial charge in [-0.3, -0.25) is 9.79 Å². The monoisotopic (exact) mass is 399 g/mol. The summed E-state index contributed by atoms with van der Waals surface area (Å²) in [6, 6.07) is 10.5. The number of aliphatic imine (C=N–C) groups is 1. The standard InChI is InChI=1S/C23H29NO5/c1-14(2)17-8-7-9-18(12-17)23(29-6)21(25)15(3)24-13-16-10-19(27-4)22(26)20(11-16)28-5/h7-15,23,26H,1-6H3/t15-,23?/m0/s1. The van der Waals surface area contributed by atoms with E-state index in [4.69, 9.17) is 14.2 Å². The van der Waals surface area contributed by atoms with Gasteiger partial charge in [0.05, 0.1) is 14.2 Å². The molecule has 2 aromatic rings. The first-order valence-electron chi connectivity index (χ1n) is 9.46. The van der Waals surface area contributed by atoms with Crippen LogP contribution >= 0.6 is 0 Å². The first-order valence-corrected chi connectivity index (χ1v) is 9.46. The summed E-state index contributed by atoms with van der Waals surface area (Å²) in [6.45, 7) is 5.94. The number of phenols is 1. The molecule has 0 spiro atoms. The maximum absolute atomic E-state index is 12.9. The quantitative estimate of drug-likeness (QED) is 0.636. The number of aromatic hydroxyl groups is 1. The molecule has 2 atom stereocenters. The van der Waals surface area contributed by atoms with E-state index in [2.05, 4.69) is 18.8 Å². The molecule has 0 radical (unpaired) electrons. The molecule has 29 heavy (non-hydrogen) atoms. The molecule has 0 saturated carbocycles. The van der Waals surface area contributed by atoms with E-state index in [9.17, 15) is 9.90 Å². The molecule has 6 nitrogen and oxygen atoms in total. The molecule has 2 rings (SSSR count). The fraction of sp³-hybridized carbons (Fsp3) is 0.391. The summed E-state index contributed by atoms with van der Waals surface area (Å²) in [6.07, 6.45) is 0.870. The molecule has 0 heterocycles. The Balaban J connectivity index is 2.24. The Morgan fingerprint density at radius 2 is 1.59 bits per heavy atom. The van der Waals surface area contributed by atoms with Gasteiger partial charge < -0.3 is 19.3 Å². The number of phenolic OH excluding ortho intramolecular Hbond substituents is 1. The molecule has 1 N–H and O–H groups in total. The van der Waals surface area contributed by atoms with Crippen molar-refractivity contribution in [3.8, 4) is 17.2 Å². The molecular weight excluding hydrogens is 370 g/mol. The van der Waals surface area contributed by atoms with Crippen molar-refractivity contribution in [3.05, 3.63) is 53.1 Å². The van der Waals surface area contributed by atoms with Gasteiger partial charge in [-0.15, -0.1) is 0 Å². The number of ketones is 1. The van der Waals surface area contributed by atoms with Crippen molar-refractivity contribution in [2.24, 2.45) is 4.99 Å². The van der Waals surface area contributed by atoms with Gasteiger partial charge in [0, 0.05) is 13.3 Å². The summed E-state index contributed by atoms with van der Waals surface area (Å²) in [5.74, 6) is 0.677. The third kappa shape index (κ3) is 5.35. The van der Waals surface area contributed by atoms with E-state index in [1.807, 2.05) is 24.3 Å². The summed E-state index contributed by atoms with van der Waals surface area (Å²) >= 11 is 0. The molecule has 1 unspecified atom stereocenters. The van der Waals surface area contributed by atoms with Crippen LogP contribution in [0.5, 0.6) is 17.2 Å². The molecule has 156 valence electrons. The molecule has 0 amide bonds. The molecule has 6 heteroatoms. The fourth-order valence-corrected chi connectivity index (χ4v) is 2.98. The van der Waals surface area contributed by atoms with Crippen LogP contribution in [-0.4, -0.2) is 44.5 Å². The number of methoxy groups -OCH3 is 3. The zero-order chi connectivity index (χ0) is 21.6. The number of hydrogen-bond acceptors (Lipinski definition) is 6. The van der Waals surface area contributed by atoms with Crippen LogP contribution < -0.4 is 9.47 Å². The Morgan fingerprint density at radius 3 is 2.10 bits per heavy atom. The SMILES string of the molecule is COc1cc(C=N[C@@H](C)C(=O)C(OC)c2cccc(C(C)C)c2)cc(OC)c1O. The minimum Gasteiger partial charge on any atom is -0.502 e. The van der Waals surface area contributed by atoms with Crippen molar-refractivity contribution < 1.29 is 24.1 Å². The maximum Gasteiger partial charge on any atom is 0.200 e. The van der Waals surface area contributed by atoms with E-state index in [1.165, 1.54) is 21.3 Å². The predicted octanol–water partition coefficient (Wildman–Crippen LogP) is 4.30. The van der Waals surface area contributed by atoms with Crippen molar-refractivity contribution in [1.29, 1.82) is 0 Å². The number of hydrogen-bond donors (Lipinski definition) is 1. The lowest BCUT2D eigenvalue weighted by molar-refractivity contribution is -0.130. The number of Topliss-reactive ketones (excluding diaryl/α,β-unsaturated/α-hetero) is 1. The van der Waals surface area contributed by atoms with E-state index in [-0.39, 0.29) is 23.0 Å². The predicted molar refractivity (Wildman–Crippen MR) is 114 cm³/mol. The third-order valence-corrected chi connectivity index (χ3v) is 4.74. The minimum absolute atomic E-state index is 0.0826. The van der Waals surface area contributed by atoms with Crippen molar-refractivity contribution >= 4 is 12.0 Å². The maximum atomic E-state index is 12.9. The number of rotatable bonds is 9. The lowest BCUT2D eigenvalue weighted by Gasteiger charge is -2.18. The Hall–Kier alpha value is -2.86. The van der Waals surface area contributed by atoms with Crippen molar-refractivity contribution in [1.82, 2.24) is 0 Å². The molecule has 0 aromatic heterocycles. The molecule has 0 saturated heterocycles. The van der Waals surface area contributed by atoms with E-state index in [0.29, 0.717) is 11.5 Å². The lowest BCUT2D eigenvalue weighted by Crippen LogP contribution is -2.24. The van der Waals surface area contributed by atoms with Crippen LogP contribution in [-0.2, 0) is 9.53 Å². The number of ether oxygens (including phenoxy) is 3. The minimum atomic E-state index is -0.690. The second-order valence-electron chi connectivity index (χ2n) is 7.07. The van der Waals surface area contributed by atoms with E-state index in [1.54, 1.807) is 25.3 Å².